The molecule has 1 unspecified atom stereocenters. The Kier molecular flexibility index (Phi) is 15.7. The average Bonchev–Trinajstić information content (AvgIpc) is 3.43. The minimum Gasteiger partial charge on any atom is -0.449 e. The number of methoxy groups -OCH3 is 1. The number of hydrogen-bond donors (Lipinski definition) is 2. The number of ketones is 1. The molecule has 46 heavy (non-hydrogen) atoms. The topological polar surface area (TPSA) is 110 Å². The van der Waals surface area contributed by atoms with Gasteiger partial charge in [-0.3, -0.25) is 4.79 Å². The van der Waals surface area contributed by atoms with Crippen LogP contribution in [0.3, 0.4) is 0 Å². The number of nitrogens with one attached hydrogen (secondary N) is 1. The van der Waals surface area contributed by atoms with Crippen molar-refractivity contribution in [3.05, 3.63) is 23.8 Å². The van der Waals surface area contributed by atoms with Crippen molar-refractivity contribution in [2.45, 2.75) is 148 Å². The van der Waals surface area contributed by atoms with Crippen molar-refractivity contribution >= 4 is 11.9 Å². The van der Waals surface area contributed by atoms with Crippen LogP contribution in [-0.4, -0.2) is 97.9 Å². The SMILES string of the molecule is CNC1CCN(C(=O)OCCCCCC(=O)CC[C@H]2CC[C@H](C)[C@@H](/C(C)=C/C=C/[C@@H](C)C[C@@]3(C)O[C@@H]3[C@H](C)[C@@H](OC)[C@@H](C)O)O2)C1. The number of amides is 1. The molecule has 1 amide bonds. The Labute approximate surface area is 278 Å². The predicted molar refractivity (Wildman–Crippen MR) is 182 cm³/mol. The third-order valence-electron chi connectivity index (χ3n) is 10.4. The molecule has 9 nitrogen and oxygen atoms in total. The lowest BCUT2D eigenvalue weighted by atomic mass is 9.85. The summed E-state index contributed by atoms with van der Waals surface area (Å²) in [5.74, 6) is 1.21. The van der Waals surface area contributed by atoms with E-state index >= 15 is 0 Å². The van der Waals surface area contributed by atoms with E-state index in [-0.39, 0.29) is 42.0 Å². The van der Waals surface area contributed by atoms with Gasteiger partial charge in [-0.1, -0.05) is 39.0 Å². The zero-order valence-electron chi connectivity index (χ0n) is 30.0. The highest BCUT2D eigenvalue weighted by Crippen LogP contribution is 2.47. The third kappa shape index (κ3) is 11.7. The second-order valence-corrected chi connectivity index (χ2v) is 14.6. The first-order valence-electron chi connectivity index (χ1n) is 17.9. The van der Waals surface area contributed by atoms with Crippen molar-refractivity contribution in [1.82, 2.24) is 10.2 Å². The number of likely N-dealkylation sites (N-methyl/N-ethyl adjacent to an activating group) is 1. The molecule has 2 N–H and O–H groups in total. The monoisotopic (exact) mass is 648 g/mol. The second kappa shape index (κ2) is 18.7. The Morgan fingerprint density at radius 1 is 1.13 bits per heavy atom. The summed E-state index contributed by atoms with van der Waals surface area (Å²) >= 11 is 0. The number of allylic oxidation sites excluding steroid dienone is 3. The number of ether oxygens (including phenoxy) is 4. The fourth-order valence-electron chi connectivity index (χ4n) is 7.54. The van der Waals surface area contributed by atoms with Gasteiger partial charge in [0.2, 0.25) is 0 Å². The number of hydrogen-bond acceptors (Lipinski definition) is 8. The molecule has 3 heterocycles. The van der Waals surface area contributed by atoms with Gasteiger partial charge >= 0.3 is 6.09 Å². The van der Waals surface area contributed by atoms with E-state index in [1.165, 1.54) is 5.57 Å². The number of carbonyl (C=O) groups excluding carboxylic acids is 2. The second-order valence-electron chi connectivity index (χ2n) is 14.6. The Hall–Kier alpha value is -1.78. The van der Waals surface area contributed by atoms with Crippen molar-refractivity contribution < 1.29 is 33.6 Å². The first kappa shape index (κ1) is 38.7. The Bertz CT molecular complexity index is 1020. The molecule has 0 spiro atoms. The Morgan fingerprint density at radius 2 is 1.89 bits per heavy atom. The number of aliphatic hydroxyl groups excluding tert-OH is 1. The number of likely N-dealkylation sites (tertiary alicyclic amines) is 1. The van der Waals surface area contributed by atoms with Crippen LogP contribution in [0.1, 0.15) is 106 Å². The van der Waals surface area contributed by atoms with Gasteiger partial charge in [0.1, 0.15) is 5.78 Å². The molecule has 0 aromatic heterocycles. The highest BCUT2D eigenvalue weighted by molar-refractivity contribution is 5.78. The number of nitrogens with zero attached hydrogens (tertiary/aromatic N) is 1. The summed E-state index contributed by atoms with van der Waals surface area (Å²) in [5.41, 5.74) is 1.03. The van der Waals surface area contributed by atoms with E-state index in [1.54, 1.807) is 18.9 Å². The van der Waals surface area contributed by atoms with Crippen LogP contribution in [0.15, 0.2) is 23.8 Å². The number of rotatable bonds is 19. The lowest BCUT2D eigenvalue weighted by Gasteiger charge is -2.35. The molecular formula is C37H64N2O7. The maximum absolute atomic E-state index is 12.6. The van der Waals surface area contributed by atoms with Gasteiger partial charge in [-0.2, -0.15) is 0 Å². The van der Waals surface area contributed by atoms with Crippen molar-refractivity contribution in [1.29, 1.82) is 0 Å². The van der Waals surface area contributed by atoms with Gasteiger partial charge in [-0.15, -0.1) is 0 Å². The van der Waals surface area contributed by atoms with E-state index in [2.05, 4.69) is 58.2 Å². The summed E-state index contributed by atoms with van der Waals surface area (Å²) in [4.78, 5) is 26.5. The maximum atomic E-state index is 12.6. The molecule has 3 saturated heterocycles. The smallest absolute Gasteiger partial charge is 0.409 e. The first-order valence-corrected chi connectivity index (χ1v) is 17.9. The molecule has 0 aliphatic carbocycles. The lowest BCUT2D eigenvalue weighted by Crippen LogP contribution is -2.36. The van der Waals surface area contributed by atoms with Gasteiger partial charge < -0.3 is 34.3 Å². The molecule has 0 radical (unpaired) electrons. The Balaban J connectivity index is 1.31. The van der Waals surface area contributed by atoms with Crippen molar-refractivity contribution in [2.24, 2.45) is 17.8 Å². The van der Waals surface area contributed by atoms with Crippen LogP contribution < -0.4 is 5.32 Å². The van der Waals surface area contributed by atoms with E-state index in [0.717, 1.165) is 57.9 Å². The number of epoxide rings is 1. The van der Waals surface area contributed by atoms with Crippen LogP contribution in [0.25, 0.3) is 0 Å². The first-order chi connectivity index (χ1) is 21.9. The zero-order chi connectivity index (χ0) is 33.9. The number of aliphatic hydroxyl groups is 1. The van der Waals surface area contributed by atoms with Crippen LogP contribution in [0, 0.1) is 17.8 Å². The summed E-state index contributed by atoms with van der Waals surface area (Å²) in [5, 5.41) is 13.2. The number of unbranched alkanes of at least 4 members (excludes halogenated alkanes) is 2. The van der Waals surface area contributed by atoms with E-state index < -0.39 is 6.10 Å². The summed E-state index contributed by atoms with van der Waals surface area (Å²) in [6.45, 7) is 14.5. The maximum Gasteiger partial charge on any atom is 0.409 e. The van der Waals surface area contributed by atoms with Gasteiger partial charge in [-0.25, -0.2) is 4.79 Å². The number of carbonyl (C=O) groups is 2. The van der Waals surface area contributed by atoms with Gasteiger partial charge in [0.15, 0.2) is 0 Å². The minimum atomic E-state index is -0.531. The summed E-state index contributed by atoms with van der Waals surface area (Å²) in [7, 11) is 3.57. The van der Waals surface area contributed by atoms with Gasteiger partial charge in [0.25, 0.3) is 0 Å². The van der Waals surface area contributed by atoms with Crippen LogP contribution >= 0.6 is 0 Å². The van der Waals surface area contributed by atoms with Crippen LogP contribution in [-0.2, 0) is 23.7 Å². The number of Topliss-reactive ketones (excluding diaryl/α,β-unsaturated/α-hetero) is 1. The molecule has 3 aliphatic rings. The molecule has 0 saturated carbocycles. The molecule has 3 fully saturated rings. The van der Waals surface area contributed by atoms with Gasteiger partial charge in [0, 0.05) is 45.0 Å². The standard InChI is InChI=1S/C37H64N2O7/c1-25(23-37(6)35(46-37)28(4)34(43-8)29(5)40)13-12-14-26(2)33-27(3)16-18-32(45-33)19-17-31(41)15-10-9-11-22-44-36(42)39-21-20-30(24-39)38-7/h12-14,25,27-30,32-35,38,40H,9-11,15-24H2,1-8H3/b13-12+,26-14+/t25-,27+,28-,29-,30?,32-,33-,34-,35-,37-/m1/s1. The molecule has 3 rings (SSSR count). The molecule has 0 bridgehead atoms. The zero-order valence-corrected chi connectivity index (χ0v) is 30.0. The Morgan fingerprint density at radius 3 is 2.57 bits per heavy atom. The molecule has 0 aromatic carbocycles. The fourth-order valence-corrected chi connectivity index (χ4v) is 7.54. The van der Waals surface area contributed by atoms with Crippen LogP contribution in [0.2, 0.25) is 0 Å². The summed E-state index contributed by atoms with van der Waals surface area (Å²) in [6, 6.07) is 0.359. The largest absolute Gasteiger partial charge is 0.449 e. The highest BCUT2D eigenvalue weighted by Gasteiger charge is 2.56. The molecule has 0 aromatic rings. The van der Waals surface area contributed by atoms with E-state index in [1.807, 2.05) is 7.05 Å². The quantitative estimate of drug-likeness (QED) is 0.0965. The van der Waals surface area contributed by atoms with Gasteiger partial charge in [-0.05, 0) is 96.6 Å². The predicted octanol–water partition coefficient (Wildman–Crippen LogP) is 6.23. The van der Waals surface area contributed by atoms with Crippen molar-refractivity contribution in [3.63, 3.8) is 0 Å². The van der Waals surface area contributed by atoms with Crippen LogP contribution in [0.5, 0.6) is 0 Å². The van der Waals surface area contributed by atoms with Crippen LogP contribution in [0.4, 0.5) is 4.79 Å². The average molecular weight is 649 g/mol. The highest BCUT2D eigenvalue weighted by atomic mass is 16.6. The fraction of sp³-hybridized carbons (Fsp3) is 0.838. The molecular weight excluding hydrogens is 584 g/mol. The van der Waals surface area contributed by atoms with E-state index in [0.29, 0.717) is 49.7 Å². The summed E-state index contributed by atoms with van der Waals surface area (Å²) in [6.07, 6.45) is 14.3. The van der Waals surface area contributed by atoms with Gasteiger partial charge in [0.05, 0.1) is 42.7 Å². The molecule has 10 atom stereocenters. The molecule has 3 aliphatic heterocycles. The summed E-state index contributed by atoms with van der Waals surface area (Å²) < 4.78 is 23.6. The normalized spacial score (nSPS) is 31.1. The van der Waals surface area contributed by atoms with Crippen molar-refractivity contribution in [3.8, 4) is 0 Å². The third-order valence-corrected chi connectivity index (χ3v) is 10.4. The lowest BCUT2D eigenvalue weighted by molar-refractivity contribution is -0.121. The van der Waals surface area contributed by atoms with Crippen molar-refractivity contribution in [2.75, 3.05) is 33.9 Å². The van der Waals surface area contributed by atoms with E-state index in [4.69, 9.17) is 18.9 Å². The minimum absolute atomic E-state index is 0.0714. The molecule has 9 heteroatoms. The molecule has 264 valence electrons. The van der Waals surface area contributed by atoms with E-state index in [9.17, 15) is 14.7 Å².